The number of hydrogen-bond donors (Lipinski definition) is 2. The topological polar surface area (TPSA) is 114 Å². The zero-order valence-corrected chi connectivity index (χ0v) is 20.3. The molecule has 9 nitrogen and oxygen atoms in total. The van der Waals surface area contributed by atoms with Crippen LogP contribution >= 0.6 is 0 Å². The Bertz CT molecular complexity index is 1100. The van der Waals surface area contributed by atoms with Crippen molar-refractivity contribution in [2.45, 2.75) is 63.7 Å². The van der Waals surface area contributed by atoms with Crippen molar-refractivity contribution < 1.29 is 28.7 Å². The molecule has 2 aromatic carbocycles. The van der Waals surface area contributed by atoms with Gasteiger partial charge in [-0.2, -0.15) is 0 Å². The molecule has 4 rings (SSSR count). The highest BCUT2D eigenvalue weighted by molar-refractivity contribution is 6.07. The van der Waals surface area contributed by atoms with Crippen LogP contribution in [-0.4, -0.2) is 46.9 Å². The summed E-state index contributed by atoms with van der Waals surface area (Å²) in [7, 11) is 0. The van der Waals surface area contributed by atoms with Crippen LogP contribution in [0.5, 0.6) is 5.75 Å². The van der Waals surface area contributed by atoms with Gasteiger partial charge in [-0.15, -0.1) is 0 Å². The lowest BCUT2D eigenvalue weighted by atomic mass is 9.82. The van der Waals surface area contributed by atoms with Gasteiger partial charge in [0.25, 0.3) is 11.8 Å². The summed E-state index contributed by atoms with van der Waals surface area (Å²) in [6.45, 7) is 1.82. The Morgan fingerprint density at radius 1 is 1.03 bits per heavy atom. The van der Waals surface area contributed by atoms with Gasteiger partial charge in [-0.3, -0.25) is 19.3 Å². The van der Waals surface area contributed by atoms with Crippen molar-refractivity contribution in [2.75, 3.05) is 11.9 Å². The molecule has 2 aromatic rings. The number of ether oxygens (including phenoxy) is 2. The van der Waals surface area contributed by atoms with Gasteiger partial charge in [-0.05, 0) is 49.6 Å². The van der Waals surface area contributed by atoms with Crippen LogP contribution in [0.25, 0.3) is 0 Å². The van der Waals surface area contributed by atoms with E-state index in [1.54, 1.807) is 24.3 Å². The molecule has 1 aliphatic carbocycles. The quantitative estimate of drug-likeness (QED) is 0.406. The number of amides is 4. The van der Waals surface area contributed by atoms with E-state index in [0.717, 1.165) is 29.7 Å². The van der Waals surface area contributed by atoms with E-state index in [0.29, 0.717) is 30.9 Å². The van der Waals surface area contributed by atoms with Gasteiger partial charge in [-0.25, -0.2) is 4.79 Å². The van der Waals surface area contributed by atoms with Gasteiger partial charge in [0.1, 0.15) is 17.9 Å². The maximum absolute atomic E-state index is 12.8. The van der Waals surface area contributed by atoms with Crippen LogP contribution < -0.4 is 15.4 Å². The molecule has 1 heterocycles. The molecule has 9 heteroatoms. The van der Waals surface area contributed by atoms with Crippen LogP contribution in [0.15, 0.2) is 54.6 Å². The molecule has 190 valence electrons. The second kappa shape index (κ2) is 11.2. The molecule has 4 amide bonds. The molecule has 1 atom stereocenters. The van der Waals surface area contributed by atoms with Crippen LogP contribution in [0.2, 0.25) is 0 Å². The van der Waals surface area contributed by atoms with E-state index in [9.17, 15) is 19.2 Å². The molecule has 0 bridgehead atoms. The fraction of sp³-hybridized carbons (Fsp3) is 0.407. The molecule has 36 heavy (non-hydrogen) atoms. The molecular formula is C27H31N3O6. The molecule has 1 unspecified atom stereocenters. The van der Waals surface area contributed by atoms with Gasteiger partial charge in [0.05, 0.1) is 6.42 Å². The number of carbonyl (C=O) groups is 4. The molecule has 2 fully saturated rings. The first-order chi connectivity index (χ1) is 17.4. The summed E-state index contributed by atoms with van der Waals surface area (Å²) in [5.74, 6) is -0.765. The number of rotatable bonds is 9. The zero-order valence-electron chi connectivity index (χ0n) is 20.3. The van der Waals surface area contributed by atoms with Crippen molar-refractivity contribution >= 4 is 29.5 Å². The Kier molecular flexibility index (Phi) is 7.87. The van der Waals surface area contributed by atoms with Crippen molar-refractivity contribution in [2.24, 2.45) is 0 Å². The Morgan fingerprint density at radius 2 is 1.72 bits per heavy atom. The van der Waals surface area contributed by atoms with Gasteiger partial charge in [0, 0.05) is 12.2 Å². The van der Waals surface area contributed by atoms with E-state index >= 15 is 0 Å². The van der Waals surface area contributed by atoms with Gasteiger partial charge in [0.2, 0.25) is 0 Å². The van der Waals surface area contributed by atoms with E-state index in [2.05, 4.69) is 10.6 Å². The second-order valence-electron chi connectivity index (χ2n) is 9.20. The maximum Gasteiger partial charge on any atom is 0.325 e. The molecule has 2 N–H and O–H groups in total. The minimum absolute atomic E-state index is 0.0793. The van der Waals surface area contributed by atoms with Gasteiger partial charge in [-0.1, -0.05) is 49.6 Å². The monoisotopic (exact) mass is 493 g/mol. The zero-order chi connectivity index (χ0) is 25.5. The minimum atomic E-state index is -1.04. The van der Waals surface area contributed by atoms with Crippen molar-refractivity contribution in [3.63, 3.8) is 0 Å². The van der Waals surface area contributed by atoms with Crippen molar-refractivity contribution in [3.8, 4) is 5.75 Å². The second-order valence-corrected chi connectivity index (χ2v) is 9.20. The molecule has 1 spiro atoms. The average Bonchev–Trinajstić information content (AvgIpc) is 3.11. The average molecular weight is 494 g/mol. The Balaban J connectivity index is 1.20. The fourth-order valence-corrected chi connectivity index (χ4v) is 4.51. The largest absolute Gasteiger partial charge is 0.489 e. The SMILES string of the molecule is CC(OC(=O)CCN1C(=O)NC2(CCCCC2)C1=O)C(=O)Nc1ccc(OCc2ccccc2)cc1. The number of benzene rings is 2. The highest BCUT2D eigenvalue weighted by Gasteiger charge is 2.51. The van der Waals surface area contributed by atoms with Crippen molar-refractivity contribution in [3.05, 3.63) is 60.2 Å². The smallest absolute Gasteiger partial charge is 0.325 e. The minimum Gasteiger partial charge on any atom is -0.489 e. The third-order valence-corrected chi connectivity index (χ3v) is 6.54. The summed E-state index contributed by atoms with van der Waals surface area (Å²) in [5, 5.41) is 5.51. The van der Waals surface area contributed by atoms with E-state index in [1.165, 1.54) is 6.92 Å². The predicted octanol–water partition coefficient (Wildman–Crippen LogP) is 3.78. The molecule has 0 radical (unpaired) electrons. The van der Waals surface area contributed by atoms with Crippen LogP contribution in [0, 0.1) is 0 Å². The first-order valence-electron chi connectivity index (χ1n) is 12.3. The van der Waals surface area contributed by atoms with Crippen LogP contribution in [0.4, 0.5) is 10.5 Å². The standard InChI is InChI=1S/C27H31N3O6/c1-19(24(32)28-21-10-12-22(13-11-21)35-18-20-8-4-2-5-9-20)36-23(31)14-17-30-25(33)27(29-26(30)34)15-6-3-7-16-27/h2,4-5,8-13,19H,3,6-7,14-18H2,1H3,(H,28,32)(H,29,34). The number of carbonyl (C=O) groups excluding carboxylic acids is 4. The van der Waals surface area contributed by atoms with Gasteiger partial charge < -0.3 is 20.1 Å². The number of imide groups is 1. The lowest BCUT2D eigenvalue weighted by molar-refractivity contribution is -0.153. The highest BCUT2D eigenvalue weighted by Crippen LogP contribution is 2.33. The number of nitrogens with one attached hydrogen (secondary N) is 2. The molecular weight excluding hydrogens is 462 g/mol. The molecule has 2 aliphatic rings. The summed E-state index contributed by atoms with van der Waals surface area (Å²) in [6, 6.07) is 16.2. The third-order valence-electron chi connectivity index (χ3n) is 6.54. The Morgan fingerprint density at radius 3 is 2.42 bits per heavy atom. The molecule has 1 saturated carbocycles. The fourth-order valence-electron chi connectivity index (χ4n) is 4.51. The van der Waals surface area contributed by atoms with Crippen molar-refractivity contribution in [1.29, 1.82) is 0 Å². The highest BCUT2D eigenvalue weighted by atomic mass is 16.5. The number of urea groups is 1. The normalized spacial score (nSPS) is 17.4. The van der Waals surface area contributed by atoms with Gasteiger partial charge in [0.15, 0.2) is 6.10 Å². The summed E-state index contributed by atoms with van der Waals surface area (Å²) in [4.78, 5) is 50.9. The number of nitrogens with zero attached hydrogens (tertiary/aromatic N) is 1. The molecule has 1 saturated heterocycles. The van der Waals surface area contributed by atoms with Crippen molar-refractivity contribution in [1.82, 2.24) is 10.2 Å². The van der Waals surface area contributed by atoms with E-state index in [4.69, 9.17) is 9.47 Å². The first-order valence-corrected chi connectivity index (χ1v) is 12.3. The Labute approximate surface area is 210 Å². The summed E-state index contributed by atoms with van der Waals surface area (Å²) >= 11 is 0. The number of esters is 1. The lowest BCUT2D eigenvalue weighted by Crippen LogP contribution is -2.48. The first kappa shape index (κ1) is 25.2. The maximum atomic E-state index is 12.8. The van der Waals surface area contributed by atoms with E-state index in [1.807, 2.05) is 30.3 Å². The van der Waals surface area contributed by atoms with Crippen LogP contribution in [0.3, 0.4) is 0 Å². The van der Waals surface area contributed by atoms with E-state index in [-0.39, 0.29) is 18.9 Å². The third kappa shape index (κ3) is 6.02. The van der Waals surface area contributed by atoms with Crippen LogP contribution in [0.1, 0.15) is 51.0 Å². The summed E-state index contributed by atoms with van der Waals surface area (Å²) in [6.07, 6.45) is 2.84. The Hall–Kier alpha value is -3.88. The van der Waals surface area contributed by atoms with E-state index < -0.39 is 29.6 Å². The van der Waals surface area contributed by atoms with Crippen LogP contribution in [-0.2, 0) is 25.7 Å². The number of hydrogen-bond acceptors (Lipinski definition) is 6. The number of anilines is 1. The summed E-state index contributed by atoms with van der Waals surface area (Å²) in [5.41, 5.74) is 0.759. The molecule has 0 aromatic heterocycles. The van der Waals surface area contributed by atoms with Gasteiger partial charge >= 0.3 is 12.0 Å². The lowest BCUT2D eigenvalue weighted by Gasteiger charge is -2.30. The predicted molar refractivity (Wildman–Crippen MR) is 132 cm³/mol. The summed E-state index contributed by atoms with van der Waals surface area (Å²) < 4.78 is 11.0. The molecule has 1 aliphatic heterocycles.